The molecule has 0 atom stereocenters. The predicted molar refractivity (Wildman–Crippen MR) is 140 cm³/mol. The SMILES string of the molecule is CCOc1ccccc1NC(=O)Cn1c(=O)n(CCc2ccc(OC)c(OC)c2)c(=O)c2cccnc21. The molecule has 0 bridgehead atoms. The van der Waals surface area contributed by atoms with Crippen molar-refractivity contribution in [3.8, 4) is 17.2 Å². The monoisotopic (exact) mass is 504 g/mol. The molecule has 2 heterocycles. The highest BCUT2D eigenvalue weighted by molar-refractivity contribution is 5.92. The molecule has 0 aliphatic rings. The summed E-state index contributed by atoms with van der Waals surface area (Å²) in [7, 11) is 3.09. The summed E-state index contributed by atoms with van der Waals surface area (Å²) < 4.78 is 18.5. The largest absolute Gasteiger partial charge is 0.493 e. The lowest BCUT2D eigenvalue weighted by Gasteiger charge is -2.15. The Kier molecular flexibility index (Phi) is 7.87. The number of ether oxygens (including phenoxy) is 3. The molecular weight excluding hydrogens is 476 g/mol. The standard InChI is InChI=1S/C27H28N4O6/c1-4-37-21-10-6-5-9-20(21)29-24(32)17-31-25-19(8-7-14-28-25)26(33)30(27(31)34)15-13-18-11-12-22(35-2)23(16-18)36-3/h5-12,14,16H,4,13,15,17H2,1-3H3,(H,29,32). The van der Waals surface area contributed by atoms with Gasteiger partial charge in [-0.15, -0.1) is 0 Å². The van der Waals surface area contributed by atoms with E-state index in [0.29, 0.717) is 36.0 Å². The van der Waals surface area contributed by atoms with Crippen molar-refractivity contribution in [3.05, 3.63) is 87.2 Å². The summed E-state index contributed by atoms with van der Waals surface area (Å²) in [6, 6.07) is 15.7. The first-order valence-electron chi connectivity index (χ1n) is 11.8. The highest BCUT2D eigenvalue weighted by Gasteiger charge is 2.17. The van der Waals surface area contributed by atoms with Crippen LogP contribution in [0.2, 0.25) is 0 Å². The van der Waals surface area contributed by atoms with Crippen LogP contribution in [0.15, 0.2) is 70.4 Å². The van der Waals surface area contributed by atoms with Crippen molar-refractivity contribution in [2.45, 2.75) is 26.4 Å². The fraction of sp³-hybridized carbons (Fsp3) is 0.259. The summed E-state index contributed by atoms with van der Waals surface area (Å²) in [5.74, 6) is 1.20. The molecule has 1 amide bonds. The summed E-state index contributed by atoms with van der Waals surface area (Å²) in [5, 5.41) is 3.03. The van der Waals surface area contributed by atoms with Crippen LogP contribution in [0.4, 0.5) is 5.69 Å². The smallest absolute Gasteiger partial charge is 0.333 e. The van der Waals surface area contributed by atoms with E-state index >= 15 is 0 Å². The number of aromatic nitrogens is 3. The quantitative estimate of drug-likeness (QED) is 0.353. The number of hydrogen-bond acceptors (Lipinski definition) is 7. The van der Waals surface area contributed by atoms with E-state index in [2.05, 4.69) is 10.3 Å². The van der Waals surface area contributed by atoms with Crippen molar-refractivity contribution in [2.75, 3.05) is 26.1 Å². The van der Waals surface area contributed by atoms with Crippen LogP contribution in [0.5, 0.6) is 17.2 Å². The average Bonchev–Trinajstić information content (AvgIpc) is 2.92. The molecular formula is C27H28N4O6. The normalized spacial score (nSPS) is 10.8. The van der Waals surface area contributed by atoms with E-state index in [1.54, 1.807) is 62.8 Å². The molecule has 2 aromatic carbocycles. The minimum atomic E-state index is -0.620. The van der Waals surface area contributed by atoms with Crippen LogP contribution in [-0.2, 0) is 24.3 Å². The minimum absolute atomic E-state index is 0.104. The number of para-hydroxylation sites is 2. The van der Waals surface area contributed by atoms with E-state index in [1.165, 1.54) is 10.8 Å². The molecule has 2 aromatic heterocycles. The summed E-state index contributed by atoms with van der Waals surface area (Å²) in [6.07, 6.45) is 1.86. The molecule has 0 radical (unpaired) electrons. The number of anilines is 1. The molecule has 10 nitrogen and oxygen atoms in total. The van der Waals surface area contributed by atoms with Gasteiger partial charge in [-0.25, -0.2) is 9.78 Å². The number of nitrogens with zero attached hydrogens (tertiary/aromatic N) is 3. The Bertz CT molecular complexity index is 1540. The zero-order chi connectivity index (χ0) is 26.4. The van der Waals surface area contributed by atoms with Gasteiger partial charge in [0.15, 0.2) is 11.5 Å². The molecule has 0 spiro atoms. The Hall–Kier alpha value is -4.60. The topological polar surface area (TPSA) is 114 Å². The van der Waals surface area contributed by atoms with Crippen LogP contribution in [0.3, 0.4) is 0 Å². The van der Waals surface area contributed by atoms with Gasteiger partial charge in [0.25, 0.3) is 5.56 Å². The summed E-state index contributed by atoms with van der Waals surface area (Å²) >= 11 is 0. The Morgan fingerprint density at radius 2 is 1.73 bits per heavy atom. The number of hydrogen-bond donors (Lipinski definition) is 1. The minimum Gasteiger partial charge on any atom is -0.493 e. The second-order valence-electron chi connectivity index (χ2n) is 8.12. The lowest BCUT2D eigenvalue weighted by molar-refractivity contribution is -0.116. The van der Waals surface area contributed by atoms with Crippen LogP contribution < -0.4 is 30.8 Å². The Labute approximate surface area is 213 Å². The molecule has 4 aromatic rings. The zero-order valence-corrected chi connectivity index (χ0v) is 20.9. The van der Waals surface area contributed by atoms with Gasteiger partial charge in [-0.3, -0.25) is 18.7 Å². The highest BCUT2D eigenvalue weighted by atomic mass is 16.5. The van der Waals surface area contributed by atoms with Gasteiger partial charge in [-0.1, -0.05) is 18.2 Å². The van der Waals surface area contributed by atoms with Gasteiger partial charge in [0.2, 0.25) is 5.91 Å². The maximum Gasteiger partial charge on any atom is 0.333 e. The Morgan fingerprint density at radius 1 is 0.946 bits per heavy atom. The van der Waals surface area contributed by atoms with Gasteiger partial charge < -0.3 is 19.5 Å². The molecule has 0 fully saturated rings. The van der Waals surface area contributed by atoms with Crippen LogP contribution >= 0.6 is 0 Å². The van der Waals surface area contributed by atoms with E-state index in [1.807, 2.05) is 13.0 Å². The summed E-state index contributed by atoms with van der Waals surface area (Å²) in [4.78, 5) is 43.8. The van der Waals surface area contributed by atoms with Crippen molar-refractivity contribution in [3.63, 3.8) is 0 Å². The Balaban J connectivity index is 1.66. The number of nitrogens with one attached hydrogen (secondary N) is 1. The lowest BCUT2D eigenvalue weighted by Crippen LogP contribution is -2.42. The Morgan fingerprint density at radius 3 is 2.49 bits per heavy atom. The van der Waals surface area contributed by atoms with Crippen molar-refractivity contribution < 1.29 is 19.0 Å². The number of fused-ring (bicyclic) bond motifs is 1. The van der Waals surface area contributed by atoms with Crippen molar-refractivity contribution in [1.82, 2.24) is 14.1 Å². The van der Waals surface area contributed by atoms with Gasteiger partial charge in [0, 0.05) is 12.7 Å². The van der Waals surface area contributed by atoms with Gasteiger partial charge in [-0.2, -0.15) is 0 Å². The van der Waals surface area contributed by atoms with Crippen molar-refractivity contribution in [1.29, 1.82) is 0 Å². The van der Waals surface area contributed by atoms with E-state index < -0.39 is 17.2 Å². The average molecular weight is 505 g/mol. The van der Waals surface area contributed by atoms with Crippen molar-refractivity contribution >= 4 is 22.6 Å². The molecule has 0 aliphatic heterocycles. The molecule has 0 saturated carbocycles. The van der Waals surface area contributed by atoms with Crippen LogP contribution in [0.25, 0.3) is 11.0 Å². The third-order valence-electron chi connectivity index (χ3n) is 5.81. The van der Waals surface area contributed by atoms with E-state index in [4.69, 9.17) is 14.2 Å². The third-order valence-corrected chi connectivity index (χ3v) is 5.81. The fourth-order valence-corrected chi connectivity index (χ4v) is 4.05. The van der Waals surface area contributed by atoms with Crippen LogP contribution in [0.1, 0.15) is 12.5 Å². The van der Waals surface area contributed by atoms with Crippen LogP contribution in [-0.4, -0.2) is 40.9 Å². The van der Waals surface area contributed by atoms with Gasteiger partial charge >= 0.3 is 5.69 Å². The molecule has 1 N–H and O–H groups in total. The van der Waals surface area contributed by atoms with Crippen molar-refractivity contribution in [2.24, 2.45) is 0 Å². The summed E-state index contributed by atoms with van der Waals surface area (Å²) in [6.45, 7) is 2.06. The lowest BCUT2D eigenvalue weighted by atomic mass is 10.1. The molecule has 0 unspecified atom stereocenters. The molecule has 4 rings (SSSR count). The molecule has 37 heavy (non-hydrogen) atoms. The molecule has 10 heteroatoms. The number of carbonyl (C=O) groups excluding carboxylic acids is 1. The summed E-state index contributed by atoms with van der Waals surface area (Å²) in [5.41, 5.74) is 0.401. The highest BCUT2D eigenvalue weighted by Crippen LogP contribution is 2.28. The number of aryl methyl sites for hydroxylation is 1. The predicted octanol–water partition coefficient (Wildman–Crippen LogP) is 2.86. The number of pyridine rings is 1. The second kappa shape index (κ2) is 11.4. The first-order valence-corrected chi connectivity index (χ1v) is 11.8. The number of rotatable bonds is 10. The van der Waals surface area contributed by atoms with E-state index in [0.717, 1.165) is 10.1 Å². The maximum atomic E-state index is 13.4. The van der Waals surface area contributed by atoms with Crippen LogP contribution in [0, 0.1) is 0 Å². The molecule has 0 aliphatic carbocycles. The molecule has 192 valence electrons. The first-order chi connectivity index (χ1) is 18.0. The number of methoxy groups -OCH3 is 2. The van der Waals surface area contributed by atoms with Gasteiger partial charge in [0.1, 0.15) is 17.9 Å². The van der Waals surface area contributed by atoms with Gasteiger partial charge in [0.05, 0.1) is 31.9 Å². The number of benzene rings is 2. The number of carbonyl (C=O) groups is 1. The van der Waals surface area contributed by atoms with Gasteiger partial charge in [-0.05, 0) is 55.3 Å². The first kappa shape index (κ1) is 25.5. The van der Waals surface area contributed by atoms with E-state index in [-0.39, 0.29) is 24.1 Å². The number of amides is 1. The zero-order valence-electron chi connectivity index (χ0n) is 20.9. The fourth-order valence-electron chi connectivity index (χ4n) is 4.05. The molecule has 0 saturated heterocycles. The second-order valence-corrected chi connectivity index (χ2v) is 8.12. The maximum absolute atomic E-state index is 13.4. The van der Waals surface area contributed by atoms with E-state index in [9.17, 15) is 14.4 Å². The third kappa shape index (κ3) is 5.48.